The lowest BCUT2D eigenvalue weighted by Crippen LogP contribution is -2.32. The van der Waals surface area contributed by atoms with Gasteiger partial charge in [-0.15, -0.1) is 0 Å². The molecule has 7 nitrogen and oxygen atoms in total. The molecular formula is C27H26N2O5. The van der Waals surface area contributed by atoms with Gasteiger partial charge in [-0.3, -0.25) is 9.59 Å². The molecule has 0 bridgehead atoms. The van der Waals surface area contributed by atoms with Crippen LogP contribution in [0.15, 0.2) is 72.4 Å². The van der Waals surface area contributed by atoms with E-state index in [9.17, 15) is 9.59 Å². The summed E-state index contributed by atoms with van der Waals surface area (Å²) >= 11 is 0. The van der Waals surface area contributed by atoms with Gasteiger partial charge in [0.05, 0.1) is 37.8 Å². The summed E-state index contributed by atoms with van der Waals surface area (Å²) in [5.74, 6) is 0.543. The lowest BCUT2D eigenvalue weighted by Gasteiger charge is -2.19. The van der Waals surface area contributed by atoms with E-state index in [-0.39, 0.29) is 11.3 Å². The average Bonchev–Trinajstić information content (AvgIpc) is 3.09. The van der Waals surface area contributed by atoms with Crippen molar-refractivity contribution in [2.24, 2.45) is 0 Å². The van der Waals surface area contributed by atoms with Gasteiger partial charge in [0, 0.05) is 6.07 Å². The van der Waals surface area contributed by atoms with Gasteiger partial charge in [-0.05, 0) is 43.7 Å². The van der Waals surface area contributed by atoms with E-state index in [2.05, 4.69) is 5.32 Å². The maximum absolute atomic E-state index is 13.7. The number of rotatable bonds is 8. The van der Waals surface area contributed by atoms with Gasteiger partial charge in [0.1, 0.15) is 22.9 Å². The van der Waals surface area contributed by atoms with Crippen molar-refractivity contribution >= 4 is 28.8 Å². The number of anilines is 2. The zero-order valence-electron chi connectivity index (χ0n) is 19.5. The monoisotopic (exact) mass is 458 g/mol. The first-order valence-corrected chi connectivity index (χ1v) is 10.9. The quantitative estimate of drug-likeness (QED) is 0.489. The highest BCUT2D eigenvalue weighted by molar-refractivity contribution is 6.46. The van der Waals surface area contributed by atoms with E-state index in [0.29, 0.717) is 40.8 Å². The van der Waals surface area contributed by atoms with Crippen LogP contribution in [0.4, 0.5) is 11.4 Å². The van der Waals surface area contributed by atoms with E-state index in [4.69, 9.17) is 14.2 Å². The normalized spacial score (nSPS) is 13.4. The fraction of sp³-hybridized carbons (Fsp3) is 0.185. The number of ether oxygens (including phenoxy) is 3. The number of aryl methyl sites for hydroxylation is 1. The van der Waals surface area contributed by atoms with E-state index >= 15 is 0 Å². The summed E-state index contributed by atoms with van der Waals surface area (Å²) in [7, 11) is 3.02. The molecule has 7 heteroatoms. The summed E-state index contributed by atoms with van der Waals surface area (Å²) in [6.45, 7) is 4.31. The van der Waals surface area contributed by atoms with Gasteiger partial charge in [0.15, 0.2) is 0 Å². The van der Waals surface area contributed by atoms with Crippen molar-refractivity contribution in [3.05, 3.63) is 83.6 Å². The van der Waals surface area contributed by atoms with Crippen LogP contribution < -0.4 is 24.4 Å². The van der Waals surface area contributed by atoms with Gasteiger partial charge in [0.2, 0.25) is 0 Å². The second-order valence-electron chi connectivity index (χ2n) is 7.65. The third kappa shape index (κ3) is 4.20. The first kappa shape index (κ1) is 22.9. The fourth-order valence-corrected chi connectivity index (χ4v) is 3.81. The molecule has 0 unspecified atom stereocenters. The summed E-state index contributed by atoms with van der Waals surface area (Å²) in [4.78, 5) is 28.6. The predicted molar refractivity (Wildman–Crippen MR) is 131 cm³/mol. The third-order valence-electron chi connectivity index (χ3n) is 5.50. The molecule has 4 rings (SSSR count). The second kappa shape index (κ2) is 9.70. The first-order chi connectivity index (χ1) is 16.5. The number of amides is 2. The Morgan fingerprint density at radius 2 is 1.59 bits per heavy atom. The van der Waals surface area contributed by atoms with E-state index in [1.807, 2.05) is 56.3 Å². The van der Waals surface area contributed by atoms with Crippen LogP contribution in [-0.4, -0.2) is 32.6 Å². The van der Waals surface area contributed by atoms with Gasteiger partial charge in [-0.25, -0.2) is 4.90 Å². The number of carbonyl (C=O) groups is 2. The van der Waals surface area contributed by atoms with Crippen LogP contribution in [0.5, 0.6) is 17.2 Å². The molecule has 0 aliphatic carbocycles. The molecule has 1 heterocycles. The Hall–Kier alpha value is -4.26. The molecule has 3 aromatic rings. The van der Waals surface area contributed by atoms with Crippen LogP contribution in [-0.2, 0) is 9.59 Å². The highest BCUT2D eigenvalue weighted by Crippen LogP contribution is 2.40. The van der Waals surface area contributed by atoms with Crippen LogP contribution in [0.1, 0.15) is 18.1 Å². The van der Waals surface area contributed by atoms with Crippen LogP contribution in [0.3, 0.4) is 0 Å². The third-order valence-corrected chi connectivity index (χ3v) is 5.50. The van der Waals surface area contributed by atoms with E-state index in [0.717, 1.165) is 10.5 Å². The Labute approximate surface area is 198 Å². The Balaban J connectivity index is 1.84. The van der Waals surface area contributed by atoms with E-state index < -0.39 is 11.8 Å². The molecular weight excluding hydrogens is 432 g/mol. The number of carbonyl (C=O) groups excluding carboxylic acids is 2. The molecule has 0 spiro atoms. The van der Waals surface area contributed by atoms with Crippen molar-refractivity contribution in [2.75, 3.05) is 31.0 Å². The van der Waals surface area contributed by atoms with Gasteiger partial charge < -0.3 is 19.5 Å². The molecule has 174 valence electrons. The molecule has 0 aromatic heterocycles. The number of benzene rings is 3. The molecule has 1 aliphatic heterocycles. The minimum absolute atomic E-state index is 0.166. The zero-order valence-corrected chi connectivity index (χ0v) is 19.5. The van der Waals surface area contributed by atoms with Gasteiger partial charge in [0.25, 0.3) is 11.8 Å². The topological polar surface area (TPSA) is 77.1 Å². The Morgan fingerprint density at radius 3 is 2.26 bits per heavy atom. The molecule has 3 aromatic carbocycles. The predicted octanol–water partition coefficient (Wildman–Crippen LogP) is 4.81. The summed E-state index contributed by atoms with van der Waals surface area (Å²) in [6, 6.07) is 19.7. The Morgan fingerprint density at radius 1 is 0.853 bits per heavy atom. The maximum Gasteiger partial charge on any atom is 0.282 e. The molecule has 34 heavy (non-hydrogen) atoms. The van der Waals surface area contributed by atoms with Crippen molar-refractivity contribution in [2.45, 2.75) is 13.8 Å². The van der Waals surface area contributed by atoms with Crippen LogP contribution in [0.25, 0.3) is 5.57 Å². The molecule has 0 fully saturated rings. The van der Waals surface area contributed by atoms with Gasteiger partial charge in [-0.1, -0.05) is 42.0 Å². The number of nitrogens with zero attached hydrogens (tertiary/aromatic N) is 1. The maximum atomic E-state index is 13.7. The summed E-state index contributed by atoms with van der Waals surface area (Å²) in [5, 5.41) is 3.17. The molecule has 0 saturated carbocycles. The molecule has 0 atom stereocenters. The fourth-order valence-electron chi connectivity index (χ4n) is 3.81. The number of para-hydroxylation sites is 2. The molecule has 1 N–H and O–H groups in total. The molecule has 0 radical (unpaired) electrons. The van der Waals surface area contributed by atoms with Crippen molar-refractivity contribution in [3.63, 3.8) is 0 Å². The second-order valence-corrected chi connectivity index (χ2v) is 7.65. The molecule has 2 amide bonds. The molecule has 1 aliphatic rings. The van der Waals surface area contributed by atoms with E-state index in [1.165, 1.54) is 14.2 Å². The van der Waals surface area contributed by atoms with Crippen LogP contribution in [0.2, 0.25) is 0 Å². The van der Waals surface area contributed by atoms with Crippen molar-refractivity contribution < 1.29 is 23.8 Å². The summed E-state index contributed by atoms with van der Waals surface area (Å²) < 4.78 is 16.4. The largest absolute Gasteiger partial charge is 0.497 e. The highest BCUT2D eigenvalue weighted by Gasteiger charge is 2.41. The van der Waals surface area contributed by atoms with Crippen LogP contribution >= 0.6 is 0 Å². The minimum atomic E-state index is -0.490. The SMILES string of the molecule is CCOc1ccccc1NC1=C(c2ccc(C)cc2)C(=O)N(c2ccc(OC)cc2OC)C1=O. The Kier molecular flexibility index (Phi) is 6.54. The average molecular weight is 459 g/mol. The van der Waals surface area contributed by atoms with Gasteiger partial charge in [-0.2, -0.15) is 0 Å². The Bertz CT molecular complexity index is 1260. The first-order valence-electron chi connectivity index (χ1n) is 10.9. The van der Waals surface area contributed by atoms with Gasteiger partial charge >= 0.3 is 0 Å². The number of hydrogen-bond acceptors (Lipinski definition) is 6. The number of imide groups is 1. The zero-order chi connectivity index (χ0) is 24.2. The van der Waals surface area contributed by atoms with Crippen LogP contribution in [0, 0.1) is 6.92 Å². The highest BCUT2D eigenvalue weighted by atomic mass is 16.5. The lowest BCUT2D eigenvalue weighted by atomic mass is 10.0. The standard InChI is InChI=1S/C27H26N2O5/c1-5-34-22-9-7-6-8-20(22)28-25-24(18-12-10-17(2)11-13-18)26(30)29(27(25)31)21-15-14-19(32-3)16-23(21)33-4/h6-16,28H,5H2,1-4H3. The molecule has 0 saturated heterocycles. The van der Waals surface area contributed by atoms with Crippen molar-refractivity contribution in [1.82, 2.24) is 0 Å². The minimum Gasteiger partial charge on any atom is -0.497 e. The summed E-state index contributed by atoms with van der Waals surface area (Å²) in [6.07, 6.45) is 0. The van der Waals surface area contributed by atoms with E-state index in [1.54, 1.807) is 24.3 Å². The smallest absolute Gasteiger partial charge is 0.282 e. The van der Waals surface area contributed by atoms with Crippen molar-refractivity contribution in [1.29, 1.82) is 0 Å². The number of nitrogens with one attached hydrogen (secondary N) is 1. The number of hydrogen-bond donors (Lipinski definition) is 1. The summed E-state index contributed by atoms with van der Waals surface area (Å²) in [5.41, 5.74) is 3.04. The lowest BCUT2D eigenvalue weighted by molar-refractivity contribution is -0.120. The van der Waals surface area contributed by atoms with Crippen molar-refractivity contribution in [3.8, 4) is 17.2 Å². The number of methoxy groups -OCH3 is 2.